The number of likely N-dealkylation sites (tertiary alicyclic amines) is 1. The maximum Gasteiger partial charge on any atom is 0.236 e. The lowest BCUT2D eigenvalue weighted by molar-refractivity contribution is -0.134. The van der Waals surface area contributed by atoms with Crippen LogP contribution in [-0.2, 0) is 9.53 Å². The molecule has 206 valence electrons. The van der Waals surface area contributed by atoms with Crippen molar-refractivity contribution in [2.75, 3.05) is 53.0 Å². The minimum absolute atomic E-state index is 0.222. The zero-order chi connectivity index (χ0) is 26.9. The number of morpholine rings is 1. The van der Waals surface area contributed by atoms with Gasteiger partial charge in [0, 0.05) is 54.6 Å². The molecule has 1 amide bonds. The molecular weight excluding hydrogens is 516 g/mol. The van der Waals surface area contributed by atoms with Crippen LogP contribution in [0.4, 0.5) is 0 Å². The van der Waals surface area contributed by atoms with E-state index in [1.54, 1.807) is 23.0 Å². The minimum Gasteiger partial charge on any atom is -0.493 e. The topological polar surface area (TPSA) is 114 Å². The molecule has 0 atom stereocenters. The first-order valence-corrected chi connectivity index (χ1v) is 14.3. The van der Waals surface area contributed by atoms with Crippen molar-refractivity contribution in [1.82, 2.24) is 39.6 Å². The molecule has 39 heavy (non-hydrogen) atoms. The van der Waals surface area contributed by atoms with Crippen LogP contribution < -0.4 is 4.74 Å². The van der Waals surface area contributed by atoms with Gasteiger partial charge in [0.25, 0.3) is 0 Å². The van der Waals surface area contributed by atoms with Crippen molar-refractivity contribution in [2.24, 2.45) is 0 Å². The number of methoxy groups -OCH3 is 1. The van der Waals surface area contributed by atoms with Crippen LogP contribution in [0.5, 0.6) is 5.75 Å². The summed E-state index contributed by atoms with van der Waals surface area (Å²) in [7, 11) is 1.63. The van der Waals surface area contributed by atoms with Crippen molar-refractivity contribution in [2.45, 2.75) is 38.5 Å². The molecule has 0 spiro atoms. The molecule has 2 saturated heterocycles. The second-order valence-corrected chi connectivity index (χ2v) is 11.5. The normalized spacial score (nSPS) is 17.4. The first-order chi connectivity index (χ1) is 19.0. The van der Waals surface area contributed by atoms with Gasteiger partial charge < -0.3 is 14.4 Å². The fraction of sp³-hybridized carbons (Fsp3) is 0.519. The van der Waals surface area contributed by atoms with Gasteiger partial charge in [-0.25, -0.2) is 14.5 Å². The van der Waals surface area contributed by atoms with Crippen LogP contribution in [0, 0.1) is 0 Å². The number of thiazole rings is 1. The zero-order valence-electron chi connectivity index (χ0n) is 22.6. The van der Waals surface area contributed by atoms with Gasteiger partial charge in [-0.2, -0.15) is 10.2 Å². The number of carbonyl (C=O) groups is 1. The van der Waals surface area contributed by atoms with E-state index in [1.165, 1.54) is 11.2 Å². The Bertz CT molecular complexity index is 1450. The monoisotopic (exact) mass is 550 g/mol. The summed E-state index contributed by atoms with van der Waals surface area (Å²) in [5.41, 5.74) is 4.50. The molecule has 2 aliphatic rings. The molecule has 1 N–H and O–H groups in total. The molecule has 0 saturated carbocycles. The highest BCUT2D eigenvalue weighted by Crippen LogP contribution is 2.40. The summed E-state index contributed by atoms with van der Waals surface area (Å²) in [5, 5.41) is 13.2. The van der Waals surface area contributed by atoms with Crippen LogP contribution >= 0.6 is 11.3 Å². The van der Waals surface area contributed by atoms with Gasteiger partial charge in [-0.15, -0.1) is 11.3 Å². The Balaban J connectivity index is 1.18. The number of H-pyrrole nitrogens is 1. The van der Waals surface area contributed by atoms with Crippen molar-refractivity contribution in [3.05, 3.63) is 35.2 Å². The first-order valence-electron chi connectivity index (χ1n) is 13.5. The molecular formula is C27H34N8O3S. The highest BCUT2D eigenvalue weighted by molar-refractivity contribution is 7.15. The maximum absolute atomic E-state index is 12.8. The van der Waals surface area contributed by atoms with Gasteiger partial charge in [0.1, 0.15) is 11.3 Å². The van der Waals surface area contributed by atoms with Crippen LogP contribution in [0.2, 0.25) is 0 Å². The van der Waals surface area contributed by atoms with Gasteiger partial charge in [0.2, 0.25) is 5.91 Å². The van der Waals surface area contributed by atoms with E-state index in [0.29, 0.717) is 37.1 Å². The minimum atomic E-state index is 0.222. The van der Waals surface area contributed by atoms with Gasteiger partial charge in [-0.1, -0.05) is 13.8 Å². The van der Waals surface area contributed by atoms with Crippen molar-refractivity contribution in [1.29, 1.82) is 0 Å². The predicted octanol–water partition coefficient (Wildman–Crippen LogP) is 3.41. The molecule has 6 heterocycles. The predicted molar refractivity (Wildman–Crippen MR) is 148 cm³/mol. The quantitative estimate of drug-likeness (QED) is 0.372. The lowest BCUT2D eigenvalue weighted by atomic mass is 9.95. The van der Waals surface area contributed by atoms with E-state index in [9.17, 15) is 4.79 Å². The molecule has 2 fully saturated rings. The van der Waals surface area contributed by atoms with Crippen LogP contribution in [0.3, 0.4) is 0 Å². The number of ether oxygens (including phenoxy) is 2. The standard InChI is InChI=1S/C27H34N8O3S/c1-17(2)23-24(19-12-20(37-3)26-29-16-30-35(26)14-19)31-32-25(23)27-28-13-21(39-27)18-4-6-34(7-5-18)22(36)15-33-8-10-38-11-9-33/h12-14,16-18H,4-11,15H2,1-3H3,(H,31,32). The first kappa shape index (κ1) is 25.9. The van der Waals surface area contributed by atoms with E-state index < -0.39 is 0 Å². The molecule has 12 heteroatoms. The van der Waals surface area contributed by atoms with E-state index in [1.807, 2.05) is 23.4 Å². The lowest BCUT2D eigenvalue weighted by Gasteiger charge is -2.34. The third-order valence-electron chi connectivity index (χ3n) is 7.67. The number of hydrogen-bond donors (Lipinski definition) is 1. The Hall–Kier alpha value is -3.35. The molecule has 0 unspecified atom stereocenters. The summed E-state index contributed by atoms with van der Waals surface area (Å²) in [5.74, 6) is 1.51. The van der Waals surface area contributed by atoms with Crippen molar-refractivity contribution < 1.29 is 14.3 Å². The fourth-order valence-corrected chi connectivity index (χ4v) is 6.62. The van der Waals surface area contributed by atoms with Gasteiger partial charge in [-0.3, -0.25) is 14.8 Å². The molecule has 0 radical (unpaired) electrons. The number of amides is 1. The summed E-state index contributed by atoms with van der Waals surface area (Å²) in [6.07, 6.45) is 7.37. The van der Waals surface area contributed by atoms with E-state index in [4.69, 9.17) is 19.6 Å². The average molecular weight is 551 g/mol. The summed E-state index contributed by atoms with van der Waals surface area (Å²) < 4.78 is 12.7. The van der Waals surface area contributed by atoms with Crippen LogP contribution in [0.1, 0.15) is 49.0 Å². The number of nitrogens with one attached hydrogen (secondary N) is 1. The third kappa shape index (κ3) is 5.15. The second kappa shape index (κ2) is 11.0. The fourth-order valence-electron chi connectivity index (χ4n) is 5.53. The SMILES string of the molecule is COc1cc(-c2n[nH]c(-c3ncc(C4CCN(C(=O)CN5CCOCC5)CC4)s3)c2C(C)C)cn2ncnc12. The number of hydrogen-bond acceptors (Lipinski definition) is 9. The molecule has 0 bridgehead atoms. The van der Waals surface area contributed by atoms with Gasteiger partial charge in [0.15, 0.2) is 11.4 Å². The van der Waals surface area contributed by atoms with Gasteiger partial charge >= 0.3 is 0 Å². The molecule has 4 aromatic heterocycles. The number of nitrogens with zero attached hydrogens (tertiary/aromatic N) is 7. The number of fused-ring (bicyclic) bond motifs is 1. The second-order valence-electron chi connectivity index (χ2n) is 10.5. The Kier molecular flexibility index (Phi) is 7.32. The van der Waals surface area contributed by atoms with E-state index in [0.717, 1.165) is 66.5 Å². The van der Waals surface area contributed by atoms with Gasteiger partial charge in [0.05, 0.1) is 38.3 Å². The highest BCUT2D eigenvalue weighted by atomic mass is 32.1. The zero-order valence-corrected chi connectivity index (χ0v) is 23.4. The third-order valence-corrected chi connectivity index (χ3v) is 8.84. The molecule has 4 aromatic rings. The number of pyridine rings is 1. The summed E-state index contributed by atoms with van der Waals surface area (Å²) in [6.45, 7) is 9.51. The van der Waals surface area contributed by atoms with E-state index >= 15 is 0 Å². The molecule has 0 aliphatic carbocycles. The smallest absolute Gasteiger partial charge is 0.236 e. The number of aromatic amines is 1. The summed E-state index contributed by atoms with van der Waals surface area (Å²) in [4.78, 5) is 27.4. The maximum atomic E-state index is 12.8. The van der Waals surface area contributed by atoms with Gasteiger partial charge in [-0.05, 0) is 30.7 Å². The van der Waals surface area contributed by atoms with Crippen LogP contribution in [-0.4, -0.2) is 98.5 Å². The Morgan fingerprint density at radius 2 is 2.00 bits per heavy atom. The van der Waals surface area contributed by atoms with Crippen molar-refractivity contribution in [3.8, 4) is 27.7 Å². The number of aromatic nitrogens is 6. The number of carbonyl (C=O) groups excluding carboxylic acids is 1. The number of piperidine rings is 1. The van der Waals surface area contributed by atoms with Crippen LogP contribution in [0.15, 0.2) is 24.8 Å². The van der Waals surface area contributed by atoms with E-state index in [2.05, 4.69) is 33.9 Å². The van der Waals surface area contributed by atoms with E-state index in [-0.39, 0.29) is 11.8 Å². The van der Waals surface area contributed by atoms with Crippen molar-refractivity contribution in [3.63, 3.8) is 0 Å². The molecule has 0 aromatic carbocycles. The summed E-state index contributed by atoms with van der Waals surface area (Å²) >= 11 is 1.72. The number of rotatable bonds is 7. The molecule has 11 nitrogen and oxygen atoms in total. The highest BCUT2D eigenvalue weighted by Gasteiger charge is 2.28. The lowest BCUT2D eigenvalue weighted by Crippen LogP contribution is -2.46. The Morgan fingerprint density at radius 1 is 1.21 bits per heavy atom. The molecule has 2 aliphatic heterocycles. The summed E-state index contributed by atoms with van der Waals surface area (Å²) in [6, 6.07) is 1.96. The Labute approximate surface area is 231 Å². The molecule has 6 rings (SSSR count). The van der Waals surface area contributed by atoms with Crippen LogP contribution in [0.25, 0.3) is 27.6 Å². The largest absolute Gasteiger partial charge is 0.493 e. The Morgan fingerprint density at radius 3 is 2.74 bits per heavy atom. The van der Waals surface area contributed by atoms with Crippen molar-refractivity contribution >= 4 is 22.9 Å². The average Bonchev–Trinajstić information content (AvgIpc) is 3.72.